The summed E-state index contributed by atoms with van der Waals surface area (Å²) in [6.45, 7) is 0.492. The van der Waals surface area contributed by atoms with Crippen LogP contribution in [0.5, 0.6) is 11.5 Å². The Morgan fingerprint density at radius 1 is 1.40 bits per heavy atom. The van der Waals surface area contributed by atoms with Gasteiger partial charge < -0.3 is 9.47 Å². The van der Waals surface area contributed by atoms with Crippen molar-refractivity contribution in [3.05, 3.63) is 28.3 Å². The largest absolute Gasteiger partial charge is 0.497 e. The monoisotopic (exact) mass is 343 g/mol. The Labute approximate surface area is 126 Å². The molecule has 0 saturated heterocycles. The Kier molecular flexibility index (Phi) is 4.86. The second-order valence-electron chi connectivity index (χ2n) is 5.22. The average molecular weight is 344 g/mol. The Morgan fingerprint density at radius 2 is 2.10 bits per heavy atom. The van der Waals surface area contributed by atoms with Gasteiger partial charge in [-0.2, -0.15) is 0 Å². The van der Waals surface area contributed by atoms with Gasteiger partial charge in [0.2, 0.25) is 5.75 Å². The Hall–Kier alpha value is -1.30. The van der Waals surface area contributed by atoms with E-state index in [1.165, 1.54) is 26.0 Å². The normalized spacial score (nSPS) is 16.9. The number of nitro groups is 1. The highest BCUT2D eigenvalue weighted by atomic mass is 79.9. The molecule has 0 radical (unpaired) electrons. The topological polar surface area (TPSA) is 61.6 Å². The molecule has 1 aliphatic carbocycles. The van der Waals surface area contributed by atoms with E-state index in [1.54, 1.807) is 12.1 Å². The van der Waals surface area contributed by atoms with E-state index in [0.717, 1.165) is 18.2 Å². The fourth-order valence-corrected chi connectivity index (χ4v) is 3.28. The zero-order valence-corrected chi connectivity index (χ0v) is 13.0. The lowest BCUT2D eigenvalue weighted by Crippen LogP contribution is -2.27. The van der Waals surface area contributed by atoms with E-state index in [1.807, 2.05) is 0 Å². The van der Waals surface area contributed by atoms with Gasteiger partial charge in [0.05, 0.1) is 18.6 Å². The van der Waals surface area contributed by atoms with Crippen molar-refractivity contribution in [2.75, 3.05) is 19.0 Å². The number of halogens is 1. The van der Waals surface area contributed by atoms with Gasteiger partial charge in [-0.05, 0) is 18.9 Å². The van der Waals surface area contributed by atoms with Gasteiger partial charge in [0.15, 0.2) is 0 Å². The van der Waals surface area contributed by atoms with Crippen LogP contribution < -0.4 is 9.47 Å². The SMILES string of the molecule is COc1ccc([N+](=O)[O-])c(OCC2(CBr)CCCC2)c1. The van der Waals surface area contributed by atoms with Gasteiger partial charge >= 0.3 is 5.69 Å². The molecule has 0 aliphatic heterocycles. The highest BCUT2D eigenvalue weighted by molar-refractivity contribution is 9.09. The van der Waals surface area contributed by atoms with Crippen LogP contribution in [0.1, 0.15) is 25.7 Å². The highest BCUT2D eigenvalue weighted by Gasteiger charge is 2.34. The van der Waals surface area contributed by atoms with Gasteiger partial charge in [0.1, 0.15) is 5.75 Å². The summed E-state index contributed by atoms with van der Waals surface area (Å²) in [5, 5.41) is 11.9. The summed E-state index contributed by atoms with van der Waals surface area (Å²) in [6, 6.07) is 4.57. The van der Waals surface area contributed by atoms with E-state index < -0.39 is 4.92 Å². The quantitative estimate of drug-likeness (QED) is 0.446. The zero-order valence-electron chi connectivity index (χ0n) is 11.4. The molecule has 0 spiro atoms. The molecule has 0 bridgehead atoms. The molecule has 0 unspecified atom stereocenters. The van der Waals surface area contributed by atoms with Crippen LogP contribution in [-0.4, -0.2) is 24.0 Å². The molecule has 110 valence electrons. The second-order valence-corrected chi connectivity index (χ2v) is 5.78. The lowest BCUT2D eigenvalue weighted by molar-refractivity contribution is -0.386. The first kappa shape index (κ1) is 15.1. The number of alkyl halides is 1. The Balaban J connectivity index is 2.16. The maximum Gasteiger partial charge on any atom is 0.311 e. The van der Waals surface area contributed by atoms with Crippen LogP contribution in [0.3, 0.4) is 0 Å². The molecule has 1 aromatic rings. The number of hydrogen-bond acceptors (Lipinski definition) is 4. The molecule has 0 atom stereocenters. The third-order valence-corrected chi connectivity index (χ3v) is 5.03. The number of benzene rings is 1. The highest BCUT2D eigenvalue weighted by Crippen LogP contribution is 2.41. The minimum atomic E-state index is -0.426. The van der Waals surface area contributed by atoms with Gasteiger partial charge in [0.25, 0.3) is 0 Å². The molecule has 0 heterocycles. The predicted octanol–water partition coefficient (Wildman–Crippen LogP) is 3.94. The molecule has 1 aliphatic rings. The van der Waals surface area contributed by atoms with Crippen LogP contribution in [0, 0.1) is 15.5 Å². The molecule has 1 saturated carbocycles. The third-order valence-electron chi connectivity index (χ3n) is 3.85. The predicted molar refractivity (Wildman–Crippen MR) is 79.8 cm³/mol. The molecular formula is C14H18BrNO4. The first-order chi connectivity index (χ1) is 9.60. The maximum absolute atomic E-state index is 11.0. The van der Waals surface area contributed by atoms with Crippen molar-refractivity contribution in [1.82, 2.24) is 0 Å². The summed E-state index contributed by atoms with van der Waals surface area (Å²) >= 11 is 3.54. The Bertz CT molecular complexity index is 486. The minimum Gasteiger partial charge on any atom is -0.497 e. The van der Waals surface area contributed by atoms with Gasteiger partial charge in [-0.25, -0.2) is 0 Å². The summed E-state index contributed by atoms with van der Waals surface area (Å²) in [4.78, 5) is 10.6. The molecule has 2 rings (SSSR count). The number of hydrogen-bond donors (Lipinski definition) is 0. The maximum atomic E-state index is 11.0. The Morgan fingerprint density at radius 3 is 2.65 bits per heavy atom. The molecule has 0 amide bonds. The summed E-state index contributed by atoms with van der Waals surface area (Å²) in [5.74, 6) is 0.839. The van der Waals surface area contributed by atoms with Crippen molar-refractivity contribution in [2.24, 2.45) is 5.41 Å². The van der Waals surface area contributed by atoms with Crippen LogP contribution in [0.2, 0.25) is 0 Å². The van der Waals surface area contributed by atoms with E-state index >= 15 is 0 Å². The summed E-state index contributed by atoms with van der Waals surface area (Å²) in [5.41, 5.74) is 0.0743. The smallest absolute Gasteiger partial charge is 0.311 e. The number of nitro benzene ring substituents is 1. The van der Waals surface area contributed by atoms with Gasteiger partial charge in [0, 0.05) is 22.9 Å². The molecular weight excluding hydrogens is 326 g/mol. The first-order valence-electron chi connectivity index (χ1n) is 6.61. The third kappa shape index (κ3) is 3.23. The van der Waals surface area contributed by atoms with E-state index in [2.05, 4.69) is 15.9 Å². The van der Waals surface area contributed by atoms with Crippen molar-refractivity contribution in [1.29, 1.82) is 0 Å². The second kappa shape index (κ2) is 6.43. The van der Waals surface area contributed by atoms with Gasteiger partial charge in [-0.15, -0.1) is 0 Å². The van der Waals surface area contributed by atoms with E-state index in [4.69, 9.17) is 9.47 Å². The van der Waals surface area contributed by atoms with Crippen molar-refractivity contribution >= 4 is 21.6 Å². The minimum absolute atomic E-state index is 0.0199. The molecule has 6 heteroatoms. The van der Waals surface area contributed by atoms with Gasteiger partial charge in [-0.3, -0.25) is 10.1 Å². The fourth-order valence-electron chi connectivity index (χ4n) is 2.56. The molecule has 1 aromatic carbocycles. The summed E-state index contributed by atoms with van der Waals surface area (Å²) < 4.78 is 10.9. The molecule has 20 heavy (non-hydrogen) atoms. The lowest BCUT2D eigenvalue weighted by atomic mass is 9.90. The van der Waals surface area contributed by atoms with Crippen LogP contribution in [-0.2, 0) is 0 Å². The zero-order chi connectivity index (χ0) is 14.6. The standard InChI is InChI=1S/C14H18BrNO4/c1-19-11-4-5-12(16(17)18)13(8-11)20-10-14(9-15)6-2-3-7-14/h4-5,8H,2-3,6-7,9-10H2,1H3. The van der Waals surface area contributed by atoms with Crippen molar-refractivity contribution in [3.63, 3.8) is 0 Å². The number of ether oxygens (including phenoxy) is 2. The van der Waals surface area contributed by atoms with Crippen molar-refractivity contribution in [2.45, 2.75) is 25.7 Å². The van der Waals surface area contributed by atoms with Crippen molar-refractivity contribution in [3.8, 4) is 11.5 Å². The van der Waals surface area contributed by atoms with Crippen molar-refractivity contribution < 1.29 is 14.4 Å². The fraction of sp³-hybridized carbons (Fsp3) is 0.571. The lowest BCUT2D eigenvalue weighted by Gasteiger charge is -2.26. The number of methoxy groups -OCH3 is 1. The van der Waals surface area contributed by atoms with E-state index in [0.29, 0.717) is 12.4 Å². The number of nitrogens with zero attached hydrogens (tertiary/aromatic N) is 1. The molecule has 5 nitrogen and oxygen atoms in total. The van der Waals surface area contributed by atoms with Crippen LogP contribution >= 0.6 is 15.9 Å². The van der Waals surface area contributed by atoms with Crippen LogP contribution in [0.15, 0.2) is 18.2 Å². The van der Waals surface area contributed by atoms with E-state index in [9.17, 15) is 10.1 Å². The molecule has 0 aromatic heterocycles. The van der Waals surface area contributed by atoms with Crippen LogP contribution in [0.25, 0.3) is 0 Å². The first-order valence-corrected chi connectivity index (χ1v) is 7.73. The van der Waals surface area contributed by atoms with E-state index in [-0.39, 0.29) is 16.9 Å². The molecule has 0 N–H and O–H groups in total. The molecule has 1 fully saturated rings. The average Bonchev–Trinajstić information content (AvgIpc) is 2.94. The van der Waals surface area contributed by atoms with Crippen LogP contribution in [0.4, 0.5) is 5.69 Å². The van der Waals surface area contributed by atoms with Gasteiger partial charge in [-0.1, -0.05) is 28.8 Å². The summed E-state index contributed by atoms with van der Waals surface area (Å²) in [6.07, 6.45) is 4.57. The number of rotatable bonds is 6. The summed E-state index contributed by atoms with van der Waals surface area (Å²) in [7, 11) is 1.53.